The van der Waals surface area contributed by atoms with Crippen molar-refractivity contribution in [3.05, 3.63) is 63.9 Å². The summed E-state index contributed by atoms with van der Waals surface area (Å²) in [6, 6.07) is 11.5. The van der Waals surface area contributed by atoms with Crippen LogP contribution in [-0.2, 0) is 6.42 Å². The molecule has 2 rings (SSSR count). The summed E-state index contributed by atoms with van der Waals surface area (Å²) in [4.78, 5) is 0.797. The maximum atomic E-state index is 13.0. The number of aliphatic hydroxyl groups is 1. The van der Waals surface area contributed by atoms with Crippen LogP contribution in [0.5, 0.6) is 0 Å². The van der Waals surface area contributed by atoms with Gasteiger partial charge in [-0.2, -0.15) is 0 Å². The number of halogens is 3. The van der Waals surface area contributed by atoms with Crippen LogP contribution < -0.4 is 0 Å². The fourth-order valence-corrected chi connectivity index (χ4v) is 3.11. The van der Waals surface area contributed by atoms with Crippen LogP contribution in [0.25, 0.3) is 0 Å². The first kappa shape index (κ1) is 15.6. The van der Waals surface area contributed by atoms with Gasteiger partial charge < -0.3 is 5.11 Å². The maximum Gasteiger partial charge on any atom is 0.124 e. The largest absolute Gasteiger partial charge is 0.392 e. The van der Waals surface area contributed by atoms with E-state index < -0.39 is 6.10 Å². The van der Waals surface area contributed by atoms with Gasteiger partial charge in [0.25, 0.3) is 0 Å². The zero-order valence-corrected chi connectivity index (χ0v) is 12.9. The minimum atomic E-state index is -0.554. The molecule has 20 heavy (non-hydrogen) atoms. The molecule has 0 bridgehead atoms. The van der Waals surface area contributed by atoms with Gasteiger partial charge in [-0.05, 0) is 35.9 Å². The van der Waals surface area contributed by atoms with Crippen molar-refractivity contribution >= 4 is 35.0 Å². The Kier molecular flexibility index (Phi) is 5.73. The summed E-state index contributed by atoms with van der Waals surface area (Å²) in [5, 5.41) is 11.1. The van der Waals surface area contributed by atoms with Gasteiger partial charge in [-0.25, -0.2) is 4.39 Å². The second-order valence-electron chi connectivity index (χ2n) is 4.36. The van der Waals surface area contributed by atoms with Gasteiger partial charge in [0.05, 0.1) is 6.10 Å². The molecule has 5 heteroatoms. The summed E-state index contributed by atoms with van der Waals surface area (Å²) in [5.74, 6) is 0.202. The lowest BCUT2D eigenvalue weighted by atomic mass is 10.1. The number of benzene rings is 2. The van der Waals surface area contributed by atoms with Crippen molar-refractivity contribution in [2.75, 3.05) is 5.75 Å². The van der Waals surface area contributed by atoms with Crippen LogP contribution in [0.1, 0.15) is 5.56 Å². The van der Waals surface area contributed by atoms with E-state index >= 15 is 0 Å². The topological polar surface area (TPSA) is 20.2 Å². The third-order valence-electron chi connectivity index (χ3n) is 2.71. The first-order valence-corrected chi connectivity index (χ1v) is 7.79. The Morgan fingerprint density at radius 3 is 2.65 bits per heavy atom. The fourth-order valence-electron chi connectivity index (χ4n) is 1.75. The van der Waals surface area contributed by atoms with E-state index in [9.17, 15) is 9.50 Å². The average Bonchev–Trinajstić information content (AvgIpc) is 2.40. The van der Waals surface area contributed by atoms with E-state index in [0.717, 1.165) is 10.5 Å². The van der Waals surface area contributed by atoms with E-state index in [2.05, 4.69) is 0 Å². The van der Waals surface area contributed by atoms with Gasteiger partial charge >= 0.3 is 0 Å². The van der Waals surface area contributed by atoms with Crippen LogP contribution in [0.15, 0.2) is 47.4 Å². The van der Waals surface area contributed by atoms with E-state index in [-0.39, 0.29) is 5.82 Å². The first-order valence-electron chi connectivity index (χ1n) is 6.05. The molecule has 0 amide bonds. The predicted molar refractivity (Wildman–Crippen MR) is 83.3 cm³/mol. The minimum Gasteiger partial charge on any atom is -0.392 e. The Morgan fingerprint density at radius 1 is 1.15 bits per heavy atom. The van der Waals surface area contributed by atoms with E-state index in [1.165, 1.54) is 23.9 Å². The summed E-state index contributed by atoms with van der Waals surface area (Å²) in [7, 11) is 0. The second-order valence-corrected chi connectivity index (χ2v) is 6.30. The molecule has 0 aromatic heterocycles. The van der Waals surface area contributed by atoms with Crippen LogP contribution in [0.3, 0.4) is 0 Å². The summed E-state index contributed by atoms with van der Waals surface area (Å²) >= 11 is 13.3. The van der Waals surface area contributed by atoms with Gasteiger partial charge in [0, 0.05) is 27.1 Å². The molecule has 2 aromatic rings. The summed E-state index contributed by atoms with van der Waals surface area (Å²) in [6.45, 7) is 0. The first-order chi connectivity index (χ1) is 9.54. The van der Waals surface area contributed by atoms with E-state index in [1.807, 2.05) is 6.07 Å². The van der Waals surface area contributed by atoms with Gasteiger partial charge in [-0.15, -0.1) is 11.8 Å². The van der Waals surface area contributed by atoms with Gasteiger partial charge in [-0.3, -0.25) is 0 Å². The molecule has 0 saturated carbocycles. The lowest BCUT2D eigenvalue weighted by Gasteiger charge is -2.12. The van der Waals surface area contributed by atoms with E-state index in [4.69, 9.17) is 23.2 Å². The second kappa shape index (κ2) is 7.32. The highest BCUT2D eigenvalue weighted by molar-refractivity contribution is 7.99. The zero-order chi connectivity index (χ0) is 14.5. The van der Waals surface area contributed by atoms with E-state index in [1.54, 1.807) is 24.3 Å². The molecule has 0 fully saturated rings. The molecular formula is C15H13Cl2FOS. The molecule has 0 aliphatic carbocycles. The Bertz CT molecular complexity index is 592. The van der Waals surface area contributed by atoms with Crippen LogP contribution in [0, 0.1) is 5.82 Å². The lowest BCUT2D eigenvalue weighted by molar-refractivity contribution is 0.200. The highest BCUT2D eigenvalue weighted by atomic mass is 35.5. The zero-order valence-electron chi connectivity index (χ0n) is 10.5. The quantitative estimate of drug-likeness (QED) is 0.792. The van der Waals surface area contributed by atoms with Crippen LogP contribution in [-0.4, -0.2) is 17.0 Å². The van der Waals surface area contributed by atoms with Crippen molar-refractivity contribution < 1.29 is 9.50 Å². The standard InChI is InChI=1S/C15H13Cl2FOS/c16-11-5-4-10(15(17)7-11)6-13(19)9-20-14-3-1-2-12(18)8-14/h1-5,7-8,13,19H,6,9H2. The number of aliphatic hydroxyl groups excluding tert-OH is 1. The van der Waals surface area contributed by atoms with Crippen LogP contribution in [0.4, 0.5) is 4.39 Å². The fraction of sp³-hybridized carbons (Fsp3) is 0.200. The maximum absolute atomic E-state index is 13.0. The molecule has 0 spiro atoms. The minimum absolute atomic E-state index is 0.273. The van der Waals surface area contributed by atoms with E-state index in [0.29, 0.717) is 22.2 Å². The highest BCUT2D eigenvalue weighted by Gasteiger charge is 2.10. The van der Waals surface area contributed by atoms with Crippen molar-refractivity contribution in [1.82, 2.24) is 0 Å². The van der Waals surface area contributed by atoms with Gasteiger partial charge in [0.1, 0.15) is 5.82 Å². The van der Waals surface area contributed by atoms with Crippen molar-refractivity contribution in [1.29, 1.82) is 0 Å². The molecule has 1 unspecified atom stereocenters. The highest BCUT2D eigenvalue weighted by Crippen LogP contribution is 2.24. The molecule has 2 aromatic carbocycles. The van der Waals surface area contributed by atoms with Gasteiger partial charge in [-0.1, -0.05) is 35.3 Å². The molecular weight excluding hydrogens is 318 g/mol. The molecule has 106 valence electrons. The smallest absolute Gasteiger partial charge is 0.124 e. The Hall–Kier alpha value is -0.740. The number of hydrogen-bond acceptors (Lipinski definition) is 2. The Balaban J connectivity index is 1.90. The van der Waals surface area contributed by atoms with Gasteiger partial charge in [0.15, 0.2) is 0 Å². The lowest BCUT2D eigenvalue weighted by Crippen LogP contribution is -2.13. The van der Waals surface area contributed by atoms with Crippen molar-refractivity contribution in [3.8, 4) is 0 Å². The summed E-state index contributed by atoms with van der Waals surface area (Å²) < 4.78 is 13.0. The SMILES string of the molecule is OC(CSc1cccc(F)c1)Cc1ccc(Cl)cc1Cl. The Labute approximate surface area is 131 Å². The van der Waals surface area contributed by atoms with Crippen LogP contribution >= 0.6 is 35.0 Å². The van der Waals surface area contributed by atoms with Gasteiger partial charge in [0.2, 0.25) is 0 Å². The van der Waals surface area contributed by atoms with Crippen molar-refractivity contribution in [2.45, 2.75) is 17.4 Å². The molecule has 0 aliphatic rings. The molecule has 1 N–H and O–H groups in total. The van der Waals surface area contributed by atoms with Crippen molar-refractivity contribution in [3.63, 3.8) is 0 Å². The number of rotatable bonds is 5. The summed E-state index contributed by atoms with van der Waals surface area (Å²) in [5.41, 5.74) is 0.850. The van der Waals surface area contributed by atoms with Crippen molar-refractivity contribution in [2.24, 2.45) is 0 Å². The molecule has 0 aliphatic heterocycles. The molecule has 0 saturated heterocycles. The summed E-state index contributed by atoms with van der Waals surface area (Å²) in [6.07, 6.45) is -0.111. The molecule has 1 nitrogen and oxygen atoms in total. The van der Waals surface area contributed by atoms with Crippen LogP contribution in [0.2, 0.25) is 10.0 Å². The molecule has 0 heterocycles. The number of hydrogen-bond donors (Lipinski definition) is 1. The predicted octanol–water partition coefficient (Wildman–Crippen LogP) is 4.83. The molecule has 1 atom stereocenters. The third-order valence-corrected chi connectivity index (χ3v) is 4.43. The normalized spacial score (nSPS) is 12.4. The monoisotopic (exact) mass is 330 g/mol. The Morgan fingerprint density at radius 2 is 1.95 bits per heavy atom. The average molecular weight is 331 g/mol. The number of thioether (sulfide) groups is 1. The third kappa shape index (κ3) is 4.67. The molecule has 0 radical (unpaired) electrons.